The molecule has 84 valence electrons. The van der Waals surface area contributed by atoms with Crippen molar-refractivity contribution >= 4 is 17.4 Å². The first-order valence-corrected chi connectivity index (χ1v) is 5.88. The van der Waals surface area contributed by atoms with Gasteiger partial charge in [-0.2, -0.15) is 0 Å². The Morgan fingerprint density at radius 2 is 2.20 bits per heavy atom. The molecule has 1 N–H and O–H groups in total. The summed E-state index contributed by atoms with van der Waals surface area (Å²) in [6.07, 6.45) is 4.00. The fourth-order valence-corrected chi connectivity index (χ4v) is 1.56. The molecule has 0 unspecified atom stereocenters. The standard InChI is InChI=1S/C12H19ClN2/c1-12(2,7-5-8-13)10-15-11-6-3-4-9-14-11/h3-4,6,9H,5,7-8,10H2,1-2H3,(H,14,15). The predicted molar refractivity (Wildman–Crippen MR) is 66.5 cm³/mol. The van der Waals surface area contributed by atoms with Gasteiger partial charge in [-0.25, -0.2) is 4.98 Å². The van der Waals surface area contributed by atoms with Crippen LogP contribution in [-0.4, -0.2) is 17.4 Å². The highest BCUT2D eigenvalue weighted by atomic mass is 35.5. The minimum atomic E-state index is 0.270. The zero-order valence-corrected chi connectivity index (χ0v) is 10.2. The van der Waals surface area contributed by atoms with Crippen LogP contribution in [0.15, 0.2) is 24.4 Å². The summed E-state index contributed by atoms with van der Waals surface area (Å²) in [4.78, 5) is 4.22. The quantitative estimate of drug-likeness (QED) is 0.751. The molecule has 3 heteroatoms. The molecule has 0 spiro atoms. The number of alkyl halides is 1. The fraction of sp³-hybridized carbons (Fsp3) is 0.583. The number of rotatable bonds is 6. The first-order valence-electron chi connectivity index (χ1n) is 5.35. The maximum absolute atomic E-state index is 5.69. The molecule has 0 aliphatic carbocycles. The van der Waals surface area contributed by atoms with Gasteiger partial charge in [-0.3, -0.25) is 0 Å². The second-order valence-electron chi connectivity index (χ2n) is 4.53. The van der Waals surface area contributed by atoms with Crippen LogP contribution in [-0.2, 0) is 0 Å². The van der Waals surface area contributed by atoms with Crippen LogP contribution >= 0.6 is 11.6 Å². The predicted octanol–water partition coefficient (Wildman–Crippen LogP) is 3.54. The fourth-order valence-electron chi connectivity index (χ4n) is 1.43. The molecule has 0 aliphatic heterocycles. The molecular formula is C12H19ClN2. The molecule has 0 fully saturated rings. The Bertz CT molecular complexity index is 272. The van der Waals surface area contributed by atoms with Gasteiger partial charge in [0.1, 0.15) is 5.82 Å². The summed E-state index contributed by atoms with van der Waals surface area (Å²) in [6.45, 7) is 5.42. The molecule has 1 rings (SSSR count). The van der Waals surface area contributed by atoms with Gasteiger partial charge in [0.15, 0.2) is 0 Å². The second-order valence-corrected chi connectivity index (χ2v) is 4.90. The monoisotopic (exact) mass is 226 g/mol. The van der Waals surface area contributed by atoms with Crippen LogP contribution < -0.4 is 5.32 Å². The van der Waals surface area contributed by atoms with Gasteiger partial charge in [0.05, 0.1) is 0 Å². The van der Waals surface area contributed by atoms with Gasteiger partial charge in [-0.15, -0.1) is 11.6 Å². The lowest BCUT2D eigenvalue weighted by molar-refractivity contribution is 0.355. The first-order chi connectivity index (χ1) is 7.14. The van der Waals surface area contributed by atoms with Crippen LogP contribution in [0.25, 0.3) is 0 Å². The molecule has 0 saturated carbocycles. The maximum Gasteiger partial charge on any atom is 0.125 e. The molecule has 1 heterocycles. The van der Waals surface area contributed by atoms with E-state index < -0.39 is 0 Å². The number of hydrogen-bond donors (Lipinski definition) is 1. The smallest absolute Gasteiger partial charge is 0.125 e. The Morgan fingerprint density at radius 1 is 1.40 bits per heavy atom. The number of hydrogen-bond acceptors (Lipinski definition) is 2. The number of nitrogens with one attached hydrogen (secondary N) is 1. The van der Waals surface area contributed by atoms with E-state index in [1.54, 1.807) is 6.20 Å². The van der Waals surface area contributed by atoms with E-state index in [0.717, 1.165) is 31.1 Å². The molecule has 1 aromatic rings. The zero-order valence-electron chi connectivity index (χ0n) is 9.46. The summed E-state index contributed by atoms with van der Waals surface area (Å²) in [7, 11) is 0. The highest BCUT2D eigenvalue weighted by molar-refractivity contribution is 6.17. The molecular weight excluding hydrogens is 208 g/mol. The van der Waals surface area contributed by atoms with Crippen molar-refractivity contribution < 1.29 is 0 Å². The van der Waals surface area contributed by atoms with Crippen LogP contribution in [0, 0.1) is 5.41 Å². The van der Waals surface area contributed by atoms with E-state index in [1.807, 2.05) is 18.2 Å². The summed E-state index contributed by atoms with van der Waals surface area (Å²) in [5.41, 5.74) is 0.270. The number of nitrogens with zero attached hydrogens (tertiary/aromatic N) is 1. The Hall–Kier alpha value is -0.760. The van der Waals surface area contributed by atoms with Gasteiger partial charge in [0, 0.05) is 18.6 Å². The lowest BCUT2D eigenvalue weighted by atomic mass is 9.88. The van der Waals surface area contributed by atoms with E-state index >= 15 is 0 Å². The second kappa shape index (κ2) is 5.96. The first kappa shape index (κ1) is 12.3. The summed E-state index contributed by atoms with van der Waals surface area (Å²) >= 11 is 5.69. The van der Waals surface area contributed by atoms with Crippen molar-refractivity contribution in [1.29, 1.82) is 0 Å². The van der Waals surface area contributed by atoms with Gasteiger partial charge >= 0.3 is 0 Å². The Labute approximate surface area is 97.1 Å². The molecule has 0 radical (unpaired) electrons. The largest absolute Gasteiger partial charge is 0.370 e. The van der Waals surface area contributed by atoms with Crippen molar-refractivity contribution in [3.8, 4) is 0 Å². The third-order valence-corrected chi connectivity index (χ3v) is 2.67. The minimum absolute atomic E-state index is 0.270. The van der Waals surface area contributed by atoms with Gasteiger partial charge in [-0.05, 0) is 30.4 Å². The molecule has 1 aromatic heterocycles. The van der Waals surface area contributed by atoms with Crippen LogP contribution in [0.3, 0.4) is 0 Å². The van der Waals surface area contributed by atoms with Gasteiger partial charge in [-0.1, -0.05) is 19.9 Å². The van der Waals surface area contributed by atoms with Crippen molar-refractivity contribution in [1.82, 2.24) is 4.98 Å². The SMILES string of the molecule is CC(C)(CCCCl)CNc1ccccn1. The molecule has 0 atom stereocenters. The minimum Gasteiger partial charge on any atom is -0.370 e. The van der Waals surface area contributed by atoms with Crippen molar-refractivity contribution in [3.05, 3.63) is 24.4 Å². The highest BCUT2D eigenvalue weighted by Crippen LogP contribution is 2.22. The third kappa shape index (κ3) is 5.03. The van der Waals surface area contributed by atoms with Crippen molar-refractivity contribution in [2.75, 3.05) is 17.7 Å². The molecule has 0 saturated heterocycles. The average Bonchev–Trinajstić information content (AvgIpc) is 2.25. The van der Waals surface area contributed by atoms with E-state index in [0.29, 0.717) is 0 Å². The number of anilines is 1. The number of pyridine rings is 1. The summed E-state index contributed by atoms with van der Waals surface area (Å²) < 4.78 is 0. The summed E-state index contributed by atoms with van der Waals surface area (Å²) in [5, 5.41) is 3.34. The molecule has 0 bridgehead atoms. The Kier molecular flexibility index (Phi) is 4.89. The Morgan fingerprint density at radius 3 is 2.80 bits per heavy atom. The molecule has 0 aromatic carbocycles. The van der Waals surface area contributed by atoms with E-state index in [2.05, 4.69) is 24.1 Å². The number of halogens is 1. The van der Waals surface area contributed by atoms with E-state index in [9.17, 15) is 0 Å². The lowest BCUT2D eigenvalue weighted by Gasteiger charge is -2.24. The van der Waals surface area contributed by atoms with Crippen LogP contribution in [0.1, 0.15) is 26.7 Å². The van der Waals surface area contributed by atoms with Gasteiger partial charge in [0.25, 0.3) is 0 Å². The van der Waals surface area contributed by atoms with Gasteiger partial charge in [0.2, 0.25) is 0 Å². The summed E-state index contributed by atoms with van der Waals surface area (Å²) in [5.74, 6) is 1.68. The van der Waals surface area contributed by atoms with Crippen LogP contribution in [0.2, 0.25) is 0 Å². The highest BCUT2D eigenvalue weighted by Gasteiger charge is 2.16. The van der Waals surface area contributed by atoms with Gasteiger partial charge < -0.3 is 5.32 Å². The molecule has 2 nitrogen and oxygen atoms in total. The van der Waals surface area contributed by atoms with Crippen molar-refractivity contribution in [2.45, 2.75) is 26.7 Å². The lowest BCUT2D eigenvalue weighted by Crippen LogP contribution is -2.23. The van der Waals surface area contributed by atoms with E-state index in [-0.39, 0.29) is 5.41 Å². The maximum atomic E-state index is 5.69. The summed E-state index contributed by atoms with van der Waals surface area (Å²) in [6, 6.07) is 5.89. The molecule has 0 aliphatic rings. The van der Waals surface area contributed by atoms with Crippen LogP contribution in [0.5, 0.6) is 0 Å². The van der Waals surface area contributed by atoms with E-state index in [4.69, 9.17) is 11.6 Å². The van der Waals surface area contributed by atoms with E-state index in [1.165, 1.54) is 0 Å². The topological polar surface area (TPSA) is 24.9 Å². The average molecular weight is 227 g/mol. The van der Waals surface area contributed by atoms with Crippen LogP contribution in [0.4, 0.5) is 5.82 Å². The molecule has 0 amide bonds. The third-order valence-electron chi connectivity index (χ3n) is 2.40. The number of aromatic nitrogens is 1. The normalized spacial score (nSPS) is 11.4. The molecule has 15 heavy (non-hydrogen) atoms. The van der Waals surface area contributed by atoms with Crippen molar-refractivity contribution in [2.24, 2.45) is 5.41 Å². The Balaban J connectivity index is 2.35. The van der Waals surface area contributed by atoms with Crippen molar-refractivity contribution in [3.63, 3.8) is 0 Å². The zero-order chi connectivity index (χ0) is 11.1.